The highest BCUT2D eigenvalue weighted by Crippen LogP contribution is 2.14. The van der Waals surface area contributed by atoms with E-state index in [0.29, 0.717) is 11.5 Å². The molecule has 0 bridgehead atoms. The molecule has 2 aromatic heterocycles. The molecule has 1 aliphatic rings. The number of aromatic nitrogens is 3. The van der Waals surface area contributed by atoms with E-state index in [-0.39, 0.29) is 5.91 Å². The van der Waals surface area contributed by atoms with Crippen LogP contribution in [0.3, 0.4) is 0 Å². The first-order valence-corrected chi connectivity index (χ1v) is 7.63. The van der Waals surface area contributed by atoms with Crippen LogP contribution in [0.5, 0.6) is 0 Å². The summed E-state index contributed by atoms with van der Waals surface area (Å²) in [5.41, 5.74) is 2.02. The monoisotopic (exact) mass is 304 g/mol. The Morgan fingerprint density at radius 2 is 2.05 bits per heavy atom. The van der Waals surface area contributed by atoms with Crippen molar-refractivity contribution in [2.75, 3.05) is 43.4 Å². The van der Waals surface area contributed by atoms with Crippen molar-refractivity contribution >= 4 is 28.9 Å². The Bertz CT molecular complexity index is 592. The summed E-state index contributed by atoms with van der Waals surface area (Å²) in [7, 11) is 2.11. The molecule has 1 N–H and O–H groups in total. The van der Waals surface area contributed by atoms with Gasteiger partial charge in [0, 0.05) is 31.6 Å². The van der Waals surface area contributed by atoms with Gasteiger partial charge in [0.05, 0.1) is 5.51 Å². The van der Waals surface area contributed by atoms with Gasteiger partial charge in [-0.15, -0.1) is 21.5 Å². The molecule has 3 rings (SSSR count). The lowest BCUT2D eigenvalue weighted by Gasteiger charge is -2.32. The van der Waals surface area contributed by atoms with Gasteiger partial charge in [0.2, 0.25) is 0 Å². The third kappa shape index (κ3) is 3.34. The Morgan fingerprint density at radius 3 is 2.67 bits per heavy atom. The van der Waals surface area contributed by atoms with Crippen LogP contribution in [0, 0.1) is 0 Å². The summed E-state index contributed by atoms with van der Waals surface area (Å²) < 4.78 is 0. The van der Waals surface area contributed by atoms with E-state index in [0.717, 1.165) is 32.0 Å². The lowest BCUT2D eigenvalue weighted by molar-refractivity contribution is 0.102. The lowest BCUT2D eigenvalue weighted by Crippen LogP contribution is -2.44. The van der Waals surface area contributed by atoms with E-state index in [1.54, 1.807) is 17.0 Å². The fourth-order valence-corrected chi connectivity index (χ4v) is 2.63. The van der Waals surface area contributed by atoms with Crippen LogP contribution in [0.25, 0.3) is 0 Å². The number of hydrogen-bond donors (Lipinski definition) is 1. The van der Waals surface area contributed by atoms with Gasteiger partial charge >= 0.3 is 0 Å². The molecular formula is C13H16N6OS. The lowest BCUT2D eigenvalue weighted by atomic mass is 10.3. The van der Waals surface area contributed by atoms with Crippen LogP contribution in [0.4, 0.5) is 11.6 Å². The van der Waals surface area contributed by atoms with Gasteiger partial charge in [-0.3, -0.25) is 4.79 Å². The Morgan fingerprint density at radius 1 is 1.24 bits per heavy atom. The normalized spacial score (nSPS) is 16.0. The van der Waals surface area contributed by atoms with Crippen LogP contribution in [-0.4, -0.2) is 59.2 Å². The molecule has 1 fully saturated rings. The van der Waals surface area contributed by atoms with Crippen molar-refractivity contribution in [1.29, 1.82) is 0 Å². The van der Waals surface area contributed by atoms with Crippen LogP contribution in [-0.2, 0) is 0 Å². The molecule has 0 atom stereocenters. The van der Waals surface area contributed by atoms with E-state index in [9.17, 15) is 4.79 Å². The second kappa shape index (κ2) is 6.15. The predicted molar refractivity (Wildman–Crippen MR) is 81.8 cm³/mol. The zero-order valence-corrected chi connectivity index (χ0v) is 12.5. The van der Waals surface area contributed by atoms with Gasteiger partial charge in [-0.25, -0.2) is 4.98 Å². The molecule has 0 aromatic carbocycles. The fraction of sp³-hybridized carbons (Fsp3) is 0.385. The van der Waals surface area contributed by atoms with Gasteiger partial charge in [0.1, 0.15) is 5.69 Å². The molecule has 0 saturated carbocycles. The third-order valence-corrected chi connectivity index (χ3v) is 3.97. The molecule has 1 aliphatic heterocycles. The number of nitrogens with zero attached hydrogens (tertiary/aromatic N) is 5. The van der Waals surface area contributed by atoms with E-state index >= 15 is 0 Å². The van der Waals surface area contributed by atoms with Crippen molar-refractivity contribution in [3.05, 3.63) is 28.7 Å². The second-order valence-electron chi connectivity index (χ2n) is 4.89. The maximum Gasteiger partial charge on any atom is 0.276 e. The van der Waals surface area contributed by atoms with E-state index < -0.39 is 0 Å². The molecule has 7 nitrogen and oxygen atoms in total. The SMILES string of the molecule is CN1CCN(c2ccc(NC(=O)c3cscn3)nn2)CC1. The van der Waals surface area contributed by atoms with Gasteiger partial charge < -0.3 is 15.1 Å². The largest absolute Gasteiger partial charge is 0.353 e. The first kappa shape index (κ1) is 13.9. The number of hydrogen-bond acceptors (Lipinski definition) is 7. The maximum absolute atomic E-state index is 11.8. The number of nitrogens with one attached hydrogen (secondary N) is 1. The van der Waals surface area contributed by atoms with Crippen LogP contribution in [0.2, 0.25) is 0 Å². The van der Waals surface area contributed by atoms with Gasteiger partial charge in [-0.05, 0) is 19.2 Å². The number of piperazine rings is 1. The van der Waals surface area contributed by atoms with Crippen molar-refractivity contribution in [2.45, 2.75) is 0 Å². The van der Waals surface area contributed by atoms with Crippen LogP contribution in [0.1, 0.15) is 10.5 Å². The van der Waals surface area contributed by atoms with Crippen molar-refractivity contribution in [2.24, 2.45) is 0 Å². The van der Waals surface area contributed by atoms with Crippen molar-refractivity contribution in [3.63, 3.8) is 0 Å². The standard InChI is InChI=1S/C13H16N6OS/c1-18-4-6-19(7-5-18)12-3-2-11(16-17-12)15-13(20)10-8-21-9-14-10/h2-3,8-9H,4-7H2,1H3,(H,15,16,20). The smallest absolute Gasteiger partial charge is 0.276 e. The summed E-state index contributed by atoms with van der Waals surface area (Å²) >= 11 is 1.38. The maximum atomic E-state index is 11.8. The zero-order chi connectivity index (χ0) is 14.7. The summed E-state index contributed by atoms with van der Waals surface area (Å²) in [6.45, 7) is 3.92. The zero-order valence-electron chi connectivity index (χ0n) is 11.7. The summed E-state index contributed by atoms with van der Waals surface area (Å²) in [5, 5.41) is 12.6. The molecule has 1 amide bonds. The van der Waals surface area contributed by atoms with E-state index in [2.05, 4.69) is 37.3 Å². The molecule has 21 heavy (non-hydrogen) atoms. The first-order chi connectivity index (χ1) is 10.2. The quantitative estimate of drug-likeness (QED) is 0.909. The van der Waals surface area contributed by atoms with E-state index in [1.165, 1.54) is 11.3 Å². The minimum Gasteiger partial charge on any atom is -0.353 e. The molecule has 1 saturated heterocycles. The highest BCUT2D eigenvalue weighted by Gasteiger charge is 2.16. The molecule has 3 heterocycles. The summed E-state index contributed by atoms with van der Waals surface area (Å²) in [5.74, 6) is 1.01. The molecule has 0 spiro atoms. The number of carbonyl (C=O) groups excluding carboxylic acids is 1. The number of rotatable bonds is 3. The Balaban J connectivity index is 1.63. The molecule has 0 radical (unpaired) electrons. The van der Waals surface area contributed by atoms with Crippen molar-refractivity contribution in [1.82, 2.24) is 20.1 Å². The molecule has 8 heteroatoms. The minimum absolute atomic E-state index is 0.266. The molecule has 110 valence electrons. The topological polar surface area (TPSA) is 74.2 Å². The van der Waals surface area contributed by atoms with Gasteiger partial charge in [0.25, 0.3) is 5.91 Å². The highest BCUT2D eigenvalue weighted by atomic mass is 32.1. The third-order valence-electron chi connectivity index (χ3n) is 3.38. The number of thiazole rings is 1. The average molecular weight is 304 g/mol. The van der Waals surface area contributed by atoms with Crippen LogP contribution >= 0.6 is 11.3 Å². The van der Waals surface area contributed by atoms with Crippen molar-refractivity contribution in [3.8, 4) is 0 Å². The Hall–Kier alpha value is -2.06. The molecule has 2 aromatic rings. The van der Waals surface area contributed by atoms with Crippen molar-refractivity contribution < 1.29 is 4.79 Å². The first-order valence-electron chi connectivity index (χ1n) is 6.69. The van der Waals surface area contributed by atoms with Gasteiger partial charge in [0.15, 0.2) is 11.6 Å². The molecule has 0 aliphatic carbocycles. The second-order valence-corrected chi connectivity index (χ2v) is 5.61. The number of amides is 1. The summed E-state index contributed by atoms with van der Waals surface area (Å²) in [6.07, 6.45) is 0. The number of carbonyl (C=O) groups is 1. The fourth-order valence-electron chi connectivity index (χ4n) is 2.10. The van der Waals surface area contributed by atoms with Crippen LogP contribution in [0.15, 0.2) is 23.0 Å². The Labute approximate surface area is 126 Å². The van der Waals surface area contributed by atoms with E-state index in [1.807, 2.05) is 6.07 Å². The summed E-state index contributed by atoms with van der Waals surface area (Å²) in [4.78, 5) is 20.3. The number of anilines is 2. The number of likely N-dealkylation sites (N-methyl/N-ethyl adjacent to an activating group) is 1. The molecular weight excluding hydrogens is 288 g/mol. The highest BCUT2D eigenvalue weighted by molar-refractivity contribution is 7.07. The van der Waals surface area contributed by atoms with E-state index in [4.69, 9.17) is 0 Å². The van der Waals surface area contributed by atoms with Crippen LogP contribution < -0.4 is 10.2 Å². The minimum atomic E-state index is -0.266. The van der Waals surface area contributed by atoms with Gasteiger partial charge in [-0.2, -0.15) is 0 Å². The van der Waals surface area contributed by atoms with Gasteiger partial charge in [-0.1, -0.05) is 0 Å². The predicted octanol–water partition coefficient (Wildman–Crippen LogP) is 0.937. The summed E-state index contributed by atoms with van der Waals surface area (Å²) in [6, 6.07) is 3.65. The molecule has 0 unspecified atom stereocenters. The Kier molecular flexibility index (Phi) is 4.07. The average Bonchev–Trinajstić information content (AvgIpc) is 3.03.